The van der Waals surface area contributed by atoms with Gasteiger partial charge in [-0.15, -0.1) is 0 Å². The highest BCUT2D eigenvalue weighted by Gasteiger charge is 2.16. The molecule has 3 aromatic rings. The Hall–Kier alpha value is -3.39. The zero-order valence-corrected chi connectivity index (χ0v) is 17.1. The van der Waals surface area contributed by atoms with Crippen molar-refractivity contribution >= 4 is 40.5 Å². The smallest absolute Gasteiger partial charge is 0.299 e. The molecule has 0 aliphatic heterocycles. The number of allylic oxidation sites excluding steroid dienone is 3. The van der Waals surface area contributed by atoms with E-state index in [0.29, 0.717) is 23.2 Å². The average molecular weight is 413 g/mol. The molecular weight excluding hydrogens is 392 g/mol. The van der Waals surface area contributed by atoms with Gasteiger partial charge in [0.15, 0.2) is 11.2 Å². The lowest BCUT2D eigenvalue weighted by molar-refractivity contribution is 0.818. The highest BCUT2D eigenvalue weighted by molar-refractivity contribution is 6.29. The van der Waals surface area contributed by atoms with Crippen LogP contribution in [-0.4, -0.2) is 24.8 Å². The summed E-state index contributed by atoms with van der Waals surface area (Å²) in [6.07, 6.45) is 5.54. The molecule has 0 unspecified atom stereocenters. The molecule has 0 spiro atoms. The number of fused-ring (bicyclic) bond motifs is 1. The molecule has 2 aromatic heterocycles. The summed E-state index contributed by atoms with van der Waals surface area (Å²) in [7, 11) is 1.54. The molecule has 9 heteroatoms. The van der Waals surface area contributed by atoms with Crippen LogP contribution in [0.3, 0.4) is 0 Å². The van der Waals surface area contributed by atoms with E-state index in [2.05, 4.69) is 20.5 Å². The first kappa shape index (κ1) is 20.3. The van der Waals surface area contributed by atoms with Crippen molar-refractivity contribution in [3.8, 4) is 0 Å². The Labute approximate surface area is 171 Å². The largest absolute Gasteiger partial charge is 0.329 e. The highest BCUT2D eigenvalue weighted by Crippen LogP contribution is 2.16. The second kappa shape index (κ2) is 8.74. The number of hydrazone groups is 1. The quantitative estimate of drug-likeness (QED) is 0.480. The molecular formula is C20H21ClN6O2. The van der Waals surface area contributed by atoms with Crippen LogP contribution in [0.25, 0.3) is 17.2 Å². The van der Waals surface area contributed by atoms with Gasteiger partial charge in [0.1, 0.15) is 0 Å². The number of aromatic amines is 1. The molecule has 0 bridgehead atoms. The Morgan fingerprint density at radius 3 is 2.69 bits per heavy atom. The van der Waals surface area contributed by atoms with Crippen LogP contribution in [0.4, 0.5) is 5.95 Å². The van der Waals surface area contributed by atoms with E-state index in [1.165, 1.54) is 4.57 Å². The lowest BCUT2D eigenvalue weighted by Gasteiger charge is -2.05. The zero-order chi connectivity index (χ0) is 21.0. The minimum atomic E-state index is -0.534. The van der Waals surface area contributed by atoms with Gasteiger partial charge in [0, 0.05) is 18.6 Å². The van der Waals surface area contributed by atoms with Crippen molar-refractivity contribution < 1.29 is 0 Å². The van der Waals surface area contributed by atoms with Crippen molar-refractivity contribution in [2.75, 3.05) is 5.43 Å². The van der Waals surface area contributed by atoms with Gasteiger partial charge < -0.3 is 0 Å². The molecule has 150 valence electrons. The van der Waals surface area contributed by atoms with Crippen LogP contribution in [0.5, 0.6) is 0 Å². The van der Waals surface area contributed by atoms with Crippen molar-refractivity contribution in [3.05, 3.63) is 73.9 Å². The predicted octanol–water partition coefficient (Wildman–Crippen LogP) is 3.07. The fraction of sp³-hybridized carbons (Fsp3) is 0.200. The third-order valence-electron chi connectivity index (χ3n) is 4.21. The van der Waals surface area contributed by atoms with E-state index in [-0.39, 0.29) is 11.2 Å². The van der Waals surface area contributed by atoms with Gasteiger partial charge >= 0.3 is 5.69 Å². The number of aromatic nitrogens is 4. The molecule has 2 heterocycles. The van der Waals surface area contributed by atoms with Crippen LogP contribution in [0, 0.1) is 0 Å². The van der Waals surface area contributed by atoms with E-state index >= 15 is 0 Å². The highest BCUT2D eigenvalue weighted by atomic mass is 35.5. The van der Waals surface area contributed by atoms with Crippen LogP contribution in [0.15, 0.2) is 62.2 Å². The molecule has 0 aliphatic rings. The maximum atomic E-state index is 12.4. The van der Waals surface area contributed by atoms with E-state index in [1.54, 1.807) is 24.6 Å². The van der Waals surface area contributed by atoms with Crippen LogP contribution in [0.1, 0.15) is 19.4 Å². The number of nitrogens with one attached hydrogen (secondary N) is 2. The van der Waals surface area contributed by atoms with Crippen LogP contribution < -0.4 is 16.7 Å². The van der Waals surface area contributed by atoms with E-state index in [1.807, 2.05) is 49.4 Å². The van der Waals surface area contributed by atoms with Gasteiger partial charge in [0.25, 0.3) is 5.56 Å². The number of nitrogens with zero attached hydrogens (tertiary/aromatic N) is 4. The van der Waals surface area contributed by atoms with E-state index in [0.717, 1.165) is 5.56 Å². The van der Waals surface area contributed by atoms with Gasteiger partial charge in [-0.3, -0.25) is 18.9 Å². The van der Waals surface area contributed by atoms with Gasteiger partial charge in [-0.1, -0.05) is 54.1 Å². The molecule has 3 rings (SSSR count). The molecule has 0 saturated carbocycles. The maximum absolute atomic E-state index is 12.4. The van der Waals surface area contributed by atoms with E-state index in [9.17, 15) is 9.59 Å². The monoisotopic (exact) mass is 412 g/mol. The predicted molar refractivity (Wildman–Crippen MR) is 117 cm³/mol. The third-order valence-corrected chi connectivity index (χ3v) is 4.37. The van der Waals surface area contributed by atoms with E-state index in [4.69, 9.17) is 11.6 Å². The molecule has 0 fully saturated rings. The molecule has 0 atom stereocenters. The normalized spacial score (nSPS) is 12.8. The molecule has 0 saturated heterocycles. The summed E-state index contributed by atoms with van der Waals surface area (Å²) in [6, 6.07) is 9.85. The molecule has 8 nitrogen and oxygen atoms in total. The second-order valence-electron chi connectivity index (χ2n) is 6.44. The Balaban J connectivity index is 1.98. The van der Waals surface area contributed by atoms with Crippen molar-refractivity contribution in [2.45, 2.75) is 20.4 Å². The fourth-order valence-corrected chi connectivity index (χ4v) is 2.74. The van der Waals surface area contributed by atoms with Gasteiger partial charge in [-0.2, -0.15) is 10.1 Å². The summed E-state index contributed by atoms with van der Waals surface area (Å²) >= 11 is 5.95. The number of benzene rings is 1. The first-order valence-corrected chi connectivity index (χ1v) is 9.30. The van der Waals surface area contributed by atoms with E-state index < -0.39 is 11.2 Å². The van der Waals surface area contributed by atoms with Gasteiger partial charge in [0.05, 0.1) is 5.71 Å². The Bertz CT molecular complexity index is 1230. The van der Waals surface area contributed by atoms with Gasteiger partial charge in [-0.05, 0) is 25.5 Å². The third kappa shape index (κ3) is 4.72. The number of imidazole rings is 1. The standard InChI is InChI=1S/C20H21ClN6O2/c1-13(21)11-12-27-16-17(26(3)20(29)23-18(16)28)22-19(27)25-24-14(2)9-10-15-7-5-4-6-8-15/h4-11H,12H2,1-3H3,(H,22,25)(H,23,28,29)/b10-9+,13-11?,24-14-. The molecule has 29 heavy (non-hydrogen) atoms. The fourth-order valence-electron chi connectivity index (χ4n) is 2.67. The maximum Gasteiger partial charge on any atom is 0.329 e. The first-order chi connectivity index (χ1) is 13.9. The van der Waals surface area contributed by atoms with Crippen molar-refractivity contribution in [3.63, 3.8) is 0 Å². The second-order valence-corrected chi connectivity index (χ2v) is 7.03. The summed E-state index contributed by atoms with van der Waals surface area (Å²) in [5, 5.41) is 4.89. The summed E-state index contributed by atoms with van der Waals surface area (Å²) in [6.45, 7) is 3.87. The summed E-state index contributed by atoms with van der Waals surface area (Å²) in [4.78, 5) is 30.9. The Morgan fingerprint density at radius 1 is 1.28 bits per heavy atom. The Morgan fingerprint density at radius 2 is 2.00 bits per heavy atom. The number of H-pyrrole nitrogens is 1. The number of rotatable bonds is 6. The minimum absolute atomic E-state index is 0.259. The molecule has 0 radical (unpaired) electrons. The van der Waals surface area contributed by atoms with Crippen molar-refractivity contribution in [2.24, 2.45) is 12.1 Å². The number of hydrogen-bond acceptors (Lipinski definition) is 5. The number of halogens is 1. The van der Waals surface area contributed by atoms with Gasteiger partial charge in [-0.25, -0.2) is 10.2 Å². The van der Waals surface area contributed by atoms with Crippen molar-refractivity contribution in [1.29, 1.82) is 0 Å². The molecule has 1 aromatic carbocycles. The Kier molecular flexibility index (Phi) is 6.13. The van der Waals surface area contributed by atoms with Crippen LogP contribution in [0.2, 0.25) is 0 Å². The van der Waals surface area contributed by atoms with Crippen LogP contribution >= 0.6 is 11.6 Å². The average Bonchev–Trinajstić information content (AvgIpc) is 3.07. The lowest BCUT2D eigenvalue weighted by atomic mass is 10.2. The topological polar surface area (TPSA) is 97.1 Å². The summed E-state index contributed by atoms with van der Waals surface area (Å²) in [5.74, 6) is 0.327. The minimum Gasteiger partial charge on any atom is -0.299 e. The first-order valence-electron chi connectivity index (χ1n) is 8.92. The molecule has 0 amide bonds. The lowest BCUT2D eigenvalue weighted by Crippen LogP contribution is -2.29. The zero-order valence-electron chi connectivity index (χ0n) is 16.3. The number of aryl methyl sites for hydroxylation is 1. The number of anilines is 1. The van der Waals surface area contributed by atoms with Crippen LogP contribution in [-0.2, 0) is 13.6 Å². The molecule has 2 N–H and O–H groups in total. The number of hydrogen-bond donors (Lipinski definition) is 2. The van der Waals surface area contributed by atoms with Gasteiger partial charge in [0.2, 0.25) is 5.95 Å². The molecule has 0 aliphatic carbocycles. The summed E-state index contributed by atoms with van der Waals surface area (Å²) in [5.41, 5.74) is 4.11. The summed E-state index contributed by atoms with van der Waals surface area (Å²) < 4.78 is 2.90. The SMILES string of the molecule is CC(Cl)=CCn1c(N/N=C(C)\C=C\c2ccccc2)nc2c1c(=O)[nH]c(=O)n2C. The van der Waals surface area contributed by atoms with Crippen molar-refractivity contribution in [1.82, 2.24) is 19.1 Å².